The Morgan fingerprint density at radius 2 is 2.12 bits per heavy atom. The summed E-state index contributed by atoms with van der Waals surface area (Å²) >= 11 is 0. The number of nitrogens with one attached hydrogen (secondary N) is 2. The van der Waals surface area contributed by atoms with E-state index < -0.39 is 10.2 Å². The largest absolute Gasteiger partial charge is 0.388 e. The van der Waals surface area contributed by atoms with E-state index in [2.05, 4.69) is 4.72 Å². The van der Waals surface area contributed by atoms with E-state index in [1.54, 1.807) is 0 Å². The normalized spacial score (nSPS) is 16.7. The first-order valence-corrected chi connectivity index (χ1v) is 7.36. The first kappa shape index (κ1) is 14.4. The van der Waals surface area contributed by atoms with Crippen molar-refractivity contribution in [2.45, 2.75) is 39.2 Å². The molecule has 1 saturated carbocycles. The molecule has 1 rings (SSSR count). The second-order valence-corrected chi connectivity index (χ2v) is 6.57. The van der Waals surface area contributed by atoms with Crippen LogP contribution >= 0.6 is 0 Å². The van der Waals surface area contributed by atoms with Crippen molar-refractivity contribution in [1.29, 1.82) is 5.41 Å². The number of amidine groups is 1. The average molecular weight is 262 g/mol. The fourth-order valence-corrected chi connectivity index (χ4v) is 3.09. The number of nitrogens with two attached hydrogens (primary N) is 1. The maximum absolute atomic E-state index is 12.0. The summed E-state index contributed by atoms with van der Waals surface area (Å²) in [5.74, 6) is 0.299. The van der Waals surface area contributed by atoms with Crippen molar-refractivity contribution in [3.63, 3.8) is 0 Å². The maximum Gasteiger partial charge on any atom is 0.279 e. The van der Waals surface area contributed by atoms with Crippen LogP contribution in [0.1, 0.15) is 33.1 Å². The van der Waals surface area contributed by atoms with Crippen LogP contribution in [0, 0.1) is 11.3 Å². The average Bonchev–Trinajstić information content (AvgIpc) is 2.98. The van der Waals surface area contributed by atoms with Gasteiger partial charge in [-0.05, 0) is 18.8 Å². The van der Waals surface area contributed by atoms with E-state index >= 15 is 0 Å². The zero-order valence-corrected chi connectivity index (χ0v) is 11.3. The summed E-state index contributed by atoms with van der Waals surface area (Å²) in [7, 11) is -3.42. The Kier molecular flexibility index (Phi) is 4.91. The van der Waals surface area contributed by atoms with Gasteiger partial charge in [0.05, 0.1) is 5.84 Å². The molecule has 0 amide bonds. The van der Waals surface area contributed by atoms with Gasteiger partial charge in [0.2, 0.25) is 0 Å². The Bertz CT molecular complexity index is 363. The Hall–Kier alpha value is -0.660. The van der Waals surface area contributed by atoms with Crippen molar-refractivity contribution < 1.29 is 8.42 Å². The fourth-order valence-electron chi connectivity index (χ4n) is 1.45. The highest BCUT2D eigenvalue weighted by Crippen LogP contribution is 2.28. The summed E-state index contributed by atoms with van der Waals surface area (Å²) in [6.45, 7) is 4.65. The van der Waals surface area contributed by atoms with Crippen molar-refractivity contribution in [3.8, 4) is 0 Å². The van der Waals surface area contributed by atoms with Gasteiger partial charge in [0, 0.05) is 25.6 Å². The van der Waals surface area contributed by atoms with Crippen LogP contribution in [0.15, 0.2) is 0 Å². The number of hydrogen-bond donors (Lipinski definition) is 3. The first-order chi connectivity index (χ1) is 7.83. The minimum atomic E-state index is -3.42. The molecule has 6 nitrogen and oxygen atoms in total. The van der Waals surface area contributed by atoms with E-state index in [-0.39, 0.29) is 17.8 Å². The number of hydrogen-bond acceptors (Lipinski definition) is 3. The molecule has 17 heavy (non-hydrogen) atoms. The molecule has 1 aliphatic carbocycles. The molecule has 0 bridgehead atoms. The Morgan fingerprint density at radius 3 is 2.53 bits per heavy atom. The lowest BCUT2D eigenvalue weighted by Gasteiger charge is -2.22. The third-order valence-electron chi connectivity index (χ3n) is 2.54. The highest BCUT2D eigenvalue weighted by Gasteiger charge is 2.36. The summed E-state index contributed by atoms with van der Waals surface area (Å²) in [6, 6.07) is 0.0963. The topological polar surface area (TPSA) is 99.3 Å². The molecule has 7 heteroatoms. The van der Waals surface area contributed by atoms with Gasteiger partial charge in [-0.25, -0.2) is 4.72 Å². The molecule has 4 N–H and O–H groups in total. The second kappa shape index (κ2) is 5.79. The van der Waals surface area contributed by atoms with E-state index in [0.29, 0.717) is 19.5 Å². The van der Waals surface area contributed by atoms with Crippen LogP contribution in [0.2, 0.25) is 0 Å². The summed E-state index contributed by atoms with van der Waals surface area (Å²) in [4.78, 5) is 0. The molecule has 0 aromatic rings. The molecule has 0 aromatic carbocycles. The van der Waals surface area contributed by atoms with Gasteiger partial charge in [0.25, 0.3) is 10.2 Å². The summed E-state index contributed by atoms with van der Waals surface area (Å²) in [5.41, 5.74) is 5.27. The molecule has 0 unspecified atom stereocenters. The van der Waals surface area contributed by atoms with Crippen LogP contribution in [-0.2, 0) is 10.2 Å². The Balaban J connectivity index is 2.58. The smallest absolute Gasteiger partial charge is 0.279 e. The van der Waals surface area contributed by atoms with Gasteiger partial charge in [0.1, 0.15) is 0 Å². The maximum atomic E-state index is 12.0. The van der Waals surface area contributed by atoms with Crippen LogP contribution in [-0.4, -0.2) is 37.7 Å². The van der Waals surface area contributed by atoms with Crippen molar-refractivity contribution in [2.75, 3.05) is 13.1 Å². The Labute approximate surface area is 103 Å². The predicted molar refractivity (Wildman–Crippen MR) is 68.0 cm³/mol. The van der Waals surface area contributed by atoms with Gasteiger partial charge in [0.15, 0.2) is 0 Å². The van der Waals surface area contributed by atoms with Gasteiger partial charge in [-0.3, -0.25) is 5.41 Å². The van der Waals surface area contributed by atoms with Crippen LogP contribution < -0.4 is 10.5 Å². The van der Waals surface area contributed by atoms with Crippen LogP contribution in [0.25, 0.3) is 0 Å². The minimum Gasteiger partial charge on any atom is -0.388 e. The lowest BCUT2D eigenvalue weighted by Crippen LogP contribution is -2.44. The third-order valence-corrected chi connectivity index (χ3v) is 4.17. The monoisotopic (exact) mass is 262 g/mol. The van der Waals surface area contributed by atoms with Crippen molar-refractivity contribution in [2.24, 2.45) is 11.7 Å². The minimum absolute atomic E-state index is 0.0229. The molecule has 1 aliphatic rings. The van der Waals surface area contributed by atoms with E-state index in [1.807, 2.05) is 13.8 Å². The molecular weight excluding hydrogens is 240 g/mol. The molecule has 0 aliphatic heterocycles. The molecule has 0 spiro atoms. The van der Waals surface area contributed by atoms with Crippen molar-refractivity contribution >= 4 is 16.0 Å². The number of rotatable bonds is 8. The molecule has 1 fully saturated rings. The van der Waals surface area contributed by atoms with E-state index in [4.69, 9.17) is 11.1 Å². The molecule has 0 radical (unpaired) electrons. The molecular formula is C10H22N4O2S. The van der Waals surface area contributed by atoms with E-state index in [9.17, 15) is 8.42 Å². The predicted octanol–water partition coefficient (Wildman–Crippen LogP) is 0.267. The van der Waals surface area contributed by atoms with Crippen LogP contribution in [0.4, 0.5) is 0 Å². The van der Waals surface area contributed by atoms with Gasteiger partial charge in [-0.1, -0.05) is 13.8 Å². The summed E-state index contributed by atoms with van der Waals surface area (Å²) in [6.07, 6.45) is 2.10. The fraction of sp³-hybridized carbons (Fsp3) is 0.900. The highest BCUT2D eigenvalue weighted by atomic mass is 32.2. The van der Waals surface area contributed by atoms with Gasteiger partial charge in [-0.2, -0.15) is 12.7 Å². The quantitative estimate of drug-likeness (QED) is 0.432. The lowest BCUT2D eigenvalue weighted by molar-refractivity contribution is 0.400. The first-order valence-electron chi connectivity index (χ1n) is 5.92. The van der Waals surface area contributed by atoms with Gasteiger partial charge >= 0.3 is 0 Å². The molecule has 0 aromatic heterocycles. The second-order valence-electron chi connectivity index (χ2n) is 4.86. The van der Waals surface area contributed by atoms with Crippen molar-refractivity contribution in [3.05, 3.63) is 0 Å². The zero-order valence-electron chi connectivity index (χ0n) is 10.4. The highest BCUT2D eigenvalue weighted by molar-refractivity contribution is 7.87. The Morgan fingerprint density at radius 1 is 1.53 bits per heavy atom. The van der Waals surface area contributed by atoms with Crippen molar-refractivity contribution in [1.82, 2.24) is 9.03 Å². The molecule has 0 saturated heterocycles. The zero-order chi connectivity index (χ0) is 13.1. The SMILES string of the molecule is CC(C)CNS(=O)(=O)N(CCC(=N)N)C1CC1. The third kappa shape index (κ3) is 5.01. The molecule has 0 heterocycles. The van der Waals surface area contributed by atoms with Gasteiger partial charge in [-0.15, -0.1) is 0 Å². The molecule has 100 valence electrons. The summed E-state index contributed by atoms with van der Waals surface area (Å²) in [5, 5.41) is 7.16. The standard InChI is InChI=1S/C10H22N4O2S/c1-8(2)7-13-17(15,16)14(9-3-4-9)6-5-10(11)12/h8-9,13H,3-7H2,1-2H3,(H3,11,12). The van der Waals surface area contributed by atoms with Crippen LogP contribution in [0.5, 0.6) is 0 Å². The molecule has 0 atom stereocenters. The van der Waals surface area contributed by atoms with E-state index in [0.717, 1.165) is 12.8 Å². The number of nitrogens with zero attached hydrogens (tertiary/aromatic N) is 1. The van der Waals surface area contributed by atoms with E-state index in [1.165, 1.54) is 4.31 Å². The summed E-state index contributed by atoms with van der Waals surface area (Å²) < 4.78 is 28.1. The van der Waals surface area contributed by atoms with Gasteiger partial charge < -0.3 is 5.73 Å². The lowest BCUT2D eigenvalue weighted by atomic mass is 10.2. The van der Waals surface area contributed by atoms with Crippen LogP contribution in [0.3, 0.4) is 0 Å².